The monoisotopic (exact) mass is 282 g/mol. The predicted octanol–water partition coefficient (Wildman–Crippen LogP) is 2.77. The van der Waals surface area contributed by atoms with Gasteiger partial charge < -0.3 is 14.5 Å². The molecule has 106 valence electrons. The Labute approximate surface area is 121 Å². The number of carbonyl (C=O) groups excluding carboxylic acids is 1. The summed E-state index contributed by atoms with van der Waals surface area (Å²) in [5.41, 5.74) is 3.03. The van der Waals surface area contributed by atoms with Crippen LogP contribution in [0.1, 0.15) is 15.9 Å². The van der Waals surface area contributed by atoms with Crippen LogP contribution in [0.15, 0.2) is 53.3 Å². The maximum Gasteiger partial charge on any atom is 0.251 e. The minimum atomic E-state index is -0.147. The van der Waals surface area contributed by atoms with E-state index in [0.717, 1.165) is 11.1 Å². The normalized spacial score (nSPS) is 10.5. The average Bonchev–Trinajstić information content (AvgIpc) is 3.00. The van der Waals surface area contributed by atoms with Crippen molar-refractivity contribution in [1.29, 1.82) is 0 Å². The molecule has 0 aliphatic carbocycles. The van der Waals surface area contributed by atoms with Crippen molar-refractivity contribution in [2.24, 2.45) is 0 Å². The molecule has 21 heavy (non-hydrogen) atoms. The standard InChI is InChI=1S/C16H14N2O3/c1-20-13-4-2-3-12(8-13)16(19)17-9-11-5-6-14-15(7-11)21-10-18-14/h2-8,10H,9H2,1H3,(H,17,19). The molecule has 1 N–H and O–H groups in total. The highest BCUT2D eigenvalue weighted by atomic mass is 16.5. The molecule has 3 rings (SSSR count). The van der Waals surface area contributed by atoms with Crippen molar-refractivity contribution in [1.82, 2.24) is 10.3 Å². The van der Waals surface area contributed by atoms with Gasteiger partial charge in [-0.2, -0.15) is 0 Å². The molecule has 0 saturated heterocycles. The SMILES string of the molecule is COc1cccc(C(=O)NCc2ccc3ncoc3c2)c1. The van der Waals surface area contributed by atoms with Crippen molar-refractivity contribution in [3.8, 4) is 5.75 Å². The largest absolute Gasteiger partial charge is 0.497 e. The lowest BCUT2D eigenvalue weighted by Gasteiger charge is -2.06. The van der Waals surface area contributed by atoms with Crippen LogP contribution in [0.2, 0.25) is 0 Å². The van der Waals surface area contributed by atoms with E-state index in [1.54, 1.807) is 31.4 Å². The van der Waals surface area contributed by atoms with Gasteiger partial charge in [0, 0.05) is 12.1 Å². The molecule has 1 amide bonds. The third kappa shape index (κ3) is 2.86. The first-order valence-electron chi connectivity index (χ1n) is 6.50. The summed E-state index contributed by atoms with van der Waals surface area (Å²) in [4.78, 5) is 16.2. The lowest BCUT2D eigenvalue weighted by atomic mass is 10.1. The molecule has 0 atom stereocenters. The summed E-state index contributed by atoms with van der Waals surface area (Å²) in [5.74, 6) is 0.511. The Balaban J connectivity index is 1.69. The second-order valence-corrected chi connectivity index (χ2v) is 4.57. The topological polar surface area (TPSA) is 64.4 Å². The molecular formula is C16H14N2O3. The van der Waals surface area contributed by atoms with E-state index in [4.69, 9.17) is 9.15 Å². The van der Waals surface area contributed by atoms with Crippen molar-refractivity contribution in [2.45, 2.75) is 6.54 Å². The third-order valence-corrected chi connectivity index (χ3v) is 3.18. The van der Waals surface area contributed by atoms with E-state index >= 15 is 0 Å². The van der Waals surface area contributed by atoms with Gasteiger partial charge >= 0.3 is 0 Å². The summed E-state index contributed by atoms with van der Waals surface area (Å²) in [6.07, 6.45) is 1.41. The zero-order chi connectivity index (χ0) is 14.7. The maximum atomic E-state index is 12.1. The minimum absolute atomic E-state index is 0.147. The van der Waals surface area contributed by atoms with Crippen LogP contribution in [0.3, 0.4) is 0 Å². The number of nitrogens with zero attached hydrogens (tertiary/aromatic N) is 1. The van der Waals surface area contributed by atoms with E-state index in [0.29, 0.717) is 23.4 Å². The van der Waals surface area contributed by atoms with Crippen molar-refractivity contribution in [3.63, 3.8) is 0 Å². The summed E-state index contributed by atoms with van der Waals surface area (Å²) < 4.78 is 10.3. The molecule has 3 aromatic rings. The number of hydrogen-bond acceptors (Lipinski definition) is 4. The number of oxazole rings is 1. The lowest BCUT2D eigenvalue weighted by molar-refractivity contribution is 0.0950. The quantitative estimate of drug-likeness (QED) is 0.799. The van der Waals surface area contributed by atoms with Crippen LogP contribution < -0.4 is 10.1 Å². The number of amides is 1. The van der Waals surface area contributed by atoms with E-state index < -0.39 is 0 Å². The van der Waals surface area contributed by atoms with Gasteiger partial charge in [-0.15, -0.1) is 0 Å². The highest BCUT2D eigenvalue weighted by molar-refractivity contribution is 5.94. The molecule has 1 heterocycles. The van der Waals surface area contributed by atoms with E-state index in [9.17, 15) is 4.79 Å². The first kappa shape index (κ1) is 13.2. The van der Waals surface area contributed by atoms with E-state index in [1.807, 2.05) is 18.2 Å². The van der Waals surface area contributed by atoms with Crippen molar-refractivity contribution >= 4 is 17.0 Å². The molecule has 0 spiro atoms. The number of hydrogen-bond donors (Lipinski definition) is 1. The molecule has 5 nitrogen and oxygen atoms in total. The summed E-state index contributed by atoms with van der Waals surface area (Å²) >= 11 is 0. The summed E-state index contributed by atoms with van der Waals surface area (Å²) in [5, 5.41) is 2.87. The number of nitrogens with one attached hydrogen (secondary N) is 1. The molecule has 2 aromatic carbocycles. The van der Waals surface area contributed by atoms with Gasteiger partial charge in [0.25, 0.3) is 5.91 Å². The Kier molecular flexibility index (Phi) is 3.55. The number of fused-ring (bicyclic) bond motifs is 1. The molecule has 0 aliphatic heterocycles. The van der Waals surface area contributed by atoms with E-state index in [1.165, 1.54) is 6.39 Å². The Morgan fingerprint density at radius 2 is 2.19 bits per heavy atom. The fourth-order valence-electron chi connectivity index (χ4n) is 2.06. The molecule has 1 aromatic heterocycles. The fourth-order valence-corrected chi connectivity index (χ4v) is 2.06. The number of carbonyl (C=O) groups is 1. The van der Waals surface area contributed by atoms with Crippen molar-refractivity contribution in [3.05, 3.63) is 60.0 Å². The van der Waals surface area contributed by atoms with Crippen LogP contribution in [0.5, 0.6) is 5.75 Å². The smallest absolute Gasteiger partial charge is 0.251 e. The van der Waals surface area contributed by atoms with Crippen LogP contribution in [0.25, 0.3) is 11.1 Å². The molecule has 0 radical (unpaired) electrons. The van der Waals surface area contributed by atoms with Crippen LogP contribution in [0, 0.1) is 0 Å². The Bertz CT molecular complexity index is 780. The maximum absolute atomic E-state index is 12.1. The first-order valence-corrected chi connectivity index (χ1v) is 6.50. The predicted molar refractivity (Wildman–Crippen MR) is 78.2 cm³/mol. The number of benzene rings is 2. The summed E-state index contributed by atoms with van der Waals surface area (Å²) in [6.45, 7) is 0.423. The fraction of sp³-hybridized carbons (Fsp3) is 0.125. The van der Waals surface area contributed by atoms with Crippen LogP contribution >= 0.6 is 0 Å². The van der Waals surface area contributed by atoms with Gasteiger partial charge in [-0.1, -0.05) is 12.1 Å². The molecule has 0 aliphatic rings. The van der Waals surface area contributed by atoms with Crippen molar-refractivity contribution in [2.75, 3.05) is 7.11 Å². The first-order chi connectivity index (χ1) is 10.3. The third-order valence-electron chi connectivity index (χ3n) is 3.18. The van der Waals surface area contributed by atoms with E-state index in [-0.39, 0.29) is 5.91 Å². The molecule has 0 unspecified atom stereocenters. The van der Waals surface area contributed by atoms with Gasteiger partial charge in [0.2, 0.25) is 0 Å². The highest BCUT2D eigenvalue weighted by Gasteiger charge is 2.07. The Hall–Kier alpha value is -2.82. The molecular weight excluding hydrogens is 268 g/mol. The van der Waals surface area contributed by atoms with Crippen molar-refractivity contribution < 1.29 is 13.9 Å². The zero-order valence-electron chi connectivity index (χ0n) is 11.5. The second kappa shape index (κ2) is 5.66. The van der Waals surface area contributed by atoms with Crippen LogP contribution in [-0.2, 0) is 6.54 Å². The van der Waals surface area contributed by atoms with Crippen LogP contribution in [-0.4, -0.2) is 18.0 Å². The molecule has 0 fully saturated rings. The average molecular weight is 282 g/mol. The summed E-state index contributed by atoms with van der Waals surface area (Å²) in [6, 6.07) is 12.7. The molecule has 0 saturated carbocycles. The van der Waals surface area contributed by atoms with Gasteiger partial charge in [-0.05, 0) is 35.9 Å². The minimum Gasteiger partial charge on any atom is -0.497 e. The Morgan fingerprint density at radius 3 is 3.05 bits per heavy atom. The second-order valence-electron chi connectivity index (χ2n) is 4.57. The van der Waals surface area contributed by atoms with Crippen LogP contribution in [0.4, 0.5) is 0 Å². The number of methoxy groups -OCH3 is 1. The van der Waals surface area contributed by atoms with Gasteiger partial charge in [0.1, 0.15) is 11.3 Å². The summed E-state index contributed by atoms with van der Waals surface area (Å²) in [7, 11) is 1.57. The van der Waals surface area contributed by atoms with Gasteiger partial charge in [-0.3, -0.25) is 4.79 Å². The highest BCUT2D eigenvalue weighted by Crippen LogP contribution is 2.15. The lowest BCUT2D eigenvalue weighted by Crippen LogP contribution is -2.22. The Morgan fingerprint density at radius 1 is 1.29 bits per heavy atom. The number of aromatic nitrogens is 1. The van der Waals surface area contributed by atoms with Gasteiger partial charge in [-0.25, -0.2) is 4.98 Å². The number of ether oxygens (including phenoxy) is 1. The zero-order valence-corrected chi connectivity index (χ0v) is 11.5. The van der Waals surface area contributed by atoms with E-state index in [2.05, 4.69) is 10.3 Å². The molecule has 0 bridgehead atoms. The molecule has 5 heteroatoms. The van der Waals surface area contributed by atoms with Gasteiger partial charge in [0.15, 0.2) is 12.0 Å². The number of rotatable bonds is 4. The van der Waals surface area contributed by atoms with Gasteiger partial charge in [0.05, 0.1) is 7.11 Å².